The van der Waals surface area contributed by atoms with Crippen LogP contribution in [0.15, 0.2) is 60.8 Å². The van der Waals surface area contributed by atoms with Crippen molar-refractivity contribution in [3.05, 3.63) is 88.9 Å². The Morgan fingerprint density at radius 2 is 1.84 bits per heavy atom. The minimum absolute atomic E-state index is 0.199. The summed E-state index contributed by atoms with van der Waals surface area (Å²) in [7, 11) is 0. The number of nitrogens with one attached hydrogen (secondary N) is 1. The Morgan fingerprint density at radius 3 is 2.66 bits per heavy atom. The normalized spacial score (nSPS) is 18.0. The highest BCUT2D eigenvalue weighted by atomic mass is 16.2. The Bertz CT molecular complexity index is 1280. The molecule has 1 saturated carbocycles. The van der Waals surface area contributed by atoms with Crippen LogP contribution in [0.4, 0.5) is 0 Å². The van der Waals surface area contributed by atoms with Crippen molar-refractivity contribution in [1.29, 1.82) is 0 Å². The molecule has 0 bridgehead atoms. The van der Waals surface area contributed by atoms with E-state index >= 15 is 0 Å². The number of para-hydroxylation sites is 1. The largest absolute Gasteiger partial charge is 0.340 e. The number of aromatic nitrogens is 3. The maximum absolute atomic E-state index is 14.2. The molecular formula is C27H28N4O. The molecule has 0 saturated heterocycles. The number of benzene rings is 2. The van der Waals surface area contributed by atoms with Gasteiger partial charge in [-0.15, -0.1) is 0 Å². The summed E-state index contributed by atoms with van der Waals surface area (Å²) in [5.74, 6) is 0.199. The lowest BCUT2D eigenvalue weighted by atomic mass is 9.91. The molecule has 6 rings (SSSR count). The first kappa shape index (κ1) is 19.4. The lowest BCUT2D eigenvalue weighted by Gasteiger charge is -2.34. The second kappa shape index (κ2) is 7.66. The zero-order valence-electron chi connectivity index (χ0n) is 18.4. The Kier molecular flexibility index (Phi) is 4.63. The van der Waals surface area contributed by atoms with E-state index in [2.05, 4.69) is 69.1 Å². The molecule has 32 heavy (non-hydrogen) atoms. The standard InChI is InChI=1S/C27H28N4O/c1-18-26(23-9-5-6-10-25(23)30(18)17-19-7-3-2-4-8-19)27(32)31(21-11-12-21)22-13-14-24-20(15-22)16-28-29-24/h2-10,16,21-22H,11-15,17H2,1H3,(H,28,29). The van der Waals surface area contributed by atoms with E-state index in [9.17, 15) is 4.79 Å². The Hall–Kier alpha value is -3.34. The molecule has 0 aliphatic heterocycles. The summed E-state index contributed by atoms with van der Waals surface area (Å²) in [5, 5.41) is 8.42. The van der Waals surface area contributed by atoms with Crippen molar-refractivity contribution >= 4 is 16.8 Å². The minimum Gasteiger partial charge on any atom is -0.340 e. The SMILES string of the molecule is Cc1c(C(=O)N(C2CC2)C2CCc3[nH]ncc3C2)c2ccccc2n1Cc1ccccc1. The van der Waals surface area contributed by atoms with Gasteiger partial charge in [-0.1, -0.05) is 48.5 Å². The van der Waals surface area contributed by atoms with E-state index in [1.807, 2.05) is 18.3 Å². The summed E-state index contributed by atoms with van der Waals surface area (Å²) < 4.78 is 2.30. The number of aromatic amines is 1. The molecule has 1 unspecified atom stereocenters. The maximum atomic E-state index is 14.2. The topological polar surface area (TPSA) is 53.9 Å². The van der Waals surface area contributed by atoms with Gasteiger partial charge in [0.05, 0.1) is 11.8 Å². The van der Waals surface area contributed by atoms with Gasteiger partial charge in [-0.3, -0.25) is 9.89 Å². The molecule has 1 amide bonds. The Morgan fingerprint density at radius 1 is 1.06 bits per heavy atom. The average Bonchev–Trinajstić information content (AvgIpc) is 3.46. The average molecular weight is 425 g/mol. The van der Waals surface area contributed by atoms with Crippen LogP contribution in [-0.4, -0.2) is 37.7 Å². The van der Waals surface area contributed by atoms with Crippen LogP contribution in [-0.2, 0) is 19.4 Å². The number of fused-ring (bicyclic) bond motifs is 2. The summed E-state index contributed by atoms with van der Waals surface area (Å²) in [6.45, 7) is 2.88. The molecule has 2 aromatic heterocycles. The lowest BCUT2D eigenvalue weighted by molar-refractivity contribution is 0.0644. The van der Waals surface area contributed by atoms with Gasteiger partial charge in [0.25, 0.3) is 5.91 Å². The number of carbonyl (C=O) groups excluding carboxylic acids is 1. The third-order valence-corrected chi connectivity index (χ3v) is 7.19. The van der Waals surface area contributed by atoms with Crippen molar-refractivity contribution in [3.63, 3.8) is 0 Å². The Balaban J connectivity index is 1.40. The van der Waals surface area contributed by atoms with Crippen LogP contribution in [0.2, 0.25) is 0 Å². The number of nitrogens with zero attached hydrogens (tertiary/aromatic N) is 3. The smallest absolute Gasteiger partial charge is 0.256 e. The summed E-state index contributed by atoms with van der Waals surface area (Å²) >= 11 is 0. The van der Waals surface area contributed by atoms with E-state index in [0.717, 1.165) is 60.8 Å². The van der Waals surface area contributed by atoms with Crippen molar-refractivity contribution in [2.24, 2.45) is 0 Å². The van der Waals surface area contributed by atoms with Gasteiger partial charge in [0, 0.05) is 40.9 Å². The summed E-state index contributed by atoms with van der Waals surface area (Å²) in [6.07, 6.45) is 7.03. The molecule has 2 aliphatic carbocycles. The van der Waals surface area contributed by atoms with Gasteiger partial charge in [0.2, 0.25) is 0 Å². The predicted molar refractivity (Wildman–Crippen MR) is 126 cm³/mol. The summed E-state index contributed by atoms with van der Waals surface area (Å²) in [5.41, 5.74) is 6.82. The maximum Gasteiger partial charge on any atom is 0.256 e. The lowest BCUT2D eigenvalue weighted by Crippen LogP contribution is -2.45. The van der Waals surface area contributed by atoms with E-state index in [-0.39, 0.29) is 11.9 Å². The van der Waals surface area contributed by atoms with Crippen molar-refractivity contribution in [2.75, 3.05) is 0 Å². The van der Waals surface area contributed by atoms with Gasteiger partial charge in [0.15, 0.2) is 0 Å². The van der Waals surface area contributed by atoms with E-state index in [0.29, 0.717) is 6.04 Å². The third-order valence-electron chi connectivity index (χ3n) is 7.19. The molecule has 0 spiro atoms. The summed E-state index contributed by atoms with van der Waals surface area (Å²) in [6, 6.07) is 19.5. The van der Waals surface area contributed by atoms with Crippen molar-refractivity contribution in [3.8, 4) is 0 Å². The fourth-order valence-electron chi connectivity index (χ4n) is 5.42. The number of rotatable bonds is 5. The molecule has 1 atom stereocenters. The molecule has 2 aromatic carbocycles. The molecule has 2 aliphatic rings. The van der Waals surface area contributed by atoms with Gasteiger partial charge < -0.3 is 9.47 Å². The molecule has 162 valence electrons. The minimum atomic E-state index is 0.199. The molecule has 0 radical (unpaired) electrons. The second-order valence-electron chi connectivity index (χ2n) is 9.26. The predicted octanol–water partition coefficient (Wildman–Crippen LogP) is 4.88. The Labute approximate surface area is 188 Å². The number of H-pyrrole nitrogens is 1. The van der Waals surface area contributed by atoms with Crippen LogP contribution >= 0.6 is 0 Å². The van der Waals surface area contributed by atoms with Crippen LogP contribution < -0.4 is 0 Å². The molecule has 5 heteroatoms. The van der Waals surface area contributed by atoms with E-state index in [1.54, 1.807) is 0 Å². The molecule has 1 N–H and O–H groups in total. The first-order chi connectivity index (χ1) is 15.7. The van der Waals surface area contributed by atoms with Gasteiger partial charge in [0.1, 0.15) is 0 Å². The van der Waals surface area contributed by atoms with Crippen molar-refractivity contribution < 1.29 is 4.79 Å². The number of carbonyl (C=O) groups is 1. The zero-order valence-corrected chi connectivity index (χ0v) is 18.4. The highest BCUT2D eigenvalue weighted by Crippen LogP contribution is 2.37. The fraction of sp³-hybridized carbons (Fsp3) is 0.333. The highest BCUT2D eigenvalue weighted by Gasteiger charge is 2.40. The van der Waals surface area contributed by atoms with E-state index in [1.165, 1.54) is 16.8 Å². The van der Waals surface area contributed by atoms with Crippen LogP contribution in [0.5, 0.6) is 0 Å². The molecule has 4 aromatic rings. The van der Waals surface area contributed by atoms with Crippen LogP contribution in [0, 0.1) is 6.92 Å². The van der Waals surface area contributed by atoms with Crippen molar-refractivity contribution in [1.82, 2.24) is 19.7 Å². The first-order valence-electron chi connectivity index (χ1n) is 11.7. The van der Waals surface area contributed by atoms with Gasteiger partial charge in [-0.25, -0.2) is 0 Å². The van der Waals surface area contributed by atoms with Gasteiger partial charge in [-0.05, 0) is 56.2 Å². The van der Waals surface area contributed by atoms with Crippen LogP contribution in [0.1, 0.15) is 52.1 Å². The van der Waals surface area contributed by atoms with Crippen LogP contribution in [0.25, 0.3) is 10.9 Å². The molecule has 1 fully saturated rings. The molecule has 5 nitrogen and oxygen atoms in total. The van der Waals surface area contributed by atoms with Gasteiger partial charge >= 0.3 is 0 Å². The number of hydrogen-bond donors (Lipinski definition) is 1. The number of aryl methyl sites for hydroxylation is 1. The summed E-state index contributed by atoms with van der Waals surface area (Å²) in [4.78, 5) is 16.4. The molecule has 2 heterocycles. The number of amides is 1. The van der Waals surface area contributed by atoms with E-state index < -0.39 is 0 Å². The monoisotopic (exact) mass is 424 g/mol. The van der Waals surface area contributed by atoms with Crippen molar-refractivity contribution in [2.45, 2.75) is 57.7 Å². The number of hydrogen-bond acceptors (Lipinski definition) is 2. The third kappa shape index (κ3) is 3.24. The quantitative estimate of drug-likeness (QED) is 0.496. The second-order valence-corrected chi connectivity index (χ2v) is 9.26. The first-order valence-corrected chi connectivity index (χ1v) is 11.7. The fourth-order valence-corrected chi connectivity index (χ4v) is 5.42. The van der Waals surface area contributed by atoms with Crippen LogP contribution in [0.3, 0.4) is 0 Å². The highest BCUT2D eigenvalue weighted by molar-refractivity contribution is 6.08. The zero-order chi connectivity index (χ0) is 21.7. The van der Waals surface area contributed by atoms with E-state index in [4.69, 9.17) is 0 Å². The van der Waals surface area contributed by atoms with Gasteiger partial charge in [-0.2, -0.15) is 5.10 Å². The molecular weight excluding hydrogens is 396 g/mol.